The van der Waals surface area contributed by atoms with E-state index in [0.717, 1.165) is 22.2 Å². The molecule has 90 valence electrons. The molecule has 0 atom stereocenters. The number of imidazole rings is 1. The first-order chi connectivity index (χ1) is 8.83. The fraction of sp³-hybridized carbons (Fsp3) is 0.0714. The second-order valence-electron chi connectivity index (χ2n) is 4.14. The van der Waals surface area contributed by atoms with Crippen LogP contribution in [0.2, 0.25) is 0 Å². The summed E-state index contributed by atoms with van der Waals surface area (Å²) in [6.07, 6.45) is 3.45. The predicted molar refractivity (Wildman–Crippen MR) is 71.5 cm³/mol. The molecule has 4 heteroatoms. The highest BCUT2D eigenvalue weighted by molar-refractivity contribution is 5.94. The Morgan fingerprint density at radius 3 is 3.00 bits per heavy atom. The van der Waals surface area contributed by atoms with Crippen LogP contribution in [0.4, 0.5) is 5.69 Å². The molecule has 0 aliphatic heterocycles. The van der Waals surface area contributed by atoms with Gasteiger partial charge in [0.2, 0.25) is 0 Å². The molecule has 3 rings (SSSR count). The topological polar surface area (TPSA) is 60.9 Å². The number of hydrogen-bond acceptors (Lipinski definition) is 3. The Morgan fingerprint density at radius 1 is 1.22 bits per heavy atom. The average molecular weight is 239 g/mol. The minimum atomic E-state index is 0.276. The Hall–Kier alpha value is -2.49. The van der Waals surface area contributed by atoms with Gasteiger partial charge in [0.15, 0.2) is 0 Å². The molecule has 3 N–H and O–H groups in total. The van der Waals surface area contributed by atoms with Crippen LogP contribution >= 0.6 is 0 Å². The van der Waals surface area contributed by atoms with Crippen molar-refractivity contribution in [3.8, 4) is 5.75 Å². The number of nitrogens with zero attached hydrogens (tertiary/aromatic N) is 1. The van der Waals surface area contributed by atoms with Gasteiger partial charge in [-0.1, -0.05) is 18.2 Å². The highest BCUT2D eigenvalue weighted by Crippen LogP contribution is 2.27. The summed E-state index contributed by atoms with van der Waals surface area (Å²) in [5.41, 5.74) is 2.02. The summed E-state index contributed by atoms with van der Waals surface area (Å²) in [6.45, 7) is 0.675. The Bertz CT molecular complexity index is 662. The molecule has 0 radical (unpaired) electrons. The number of aromatic nitrogens is 2. The number of aromatic hydroxyl groups is 1. The largest absolute Gasteiger partial charge is 0.508 e. The summed E-state index contributed by atoms with van der Waals surface area (Å²) in [7, 11) is 0. The smallest absolute Gasteiger partial charge is 0.116 e. The number of hydrogen-bond donors (Lipinski definition) is 3. The molecule has 0 saturated heterocycles. The highest BCUT2D eigenvalue weighted by Gasteiger charge is 2.02. The van der Waals surface area contributed by atoms with Gasteiger partial charge in [0.05, 0.1) is 18.6 Å². The maximum absolute atomic E-state index is 9.56. The first kappa shape index (κ1) is 10.7. The van der Waals surface area contributed by atoms with Crippen LogP contribution in [-0.4, -0.2) is 15.1 Å². The van der Waals surface area contributed by atoms with Crippen LogP contribution in [0.15, 0.2) is 48.9 Å². The molecule has 1 aromatic heterocycles. The molecule has 0 spiro atoms. The number of benzene rings is 2. The Labute approximate surface area is 104 Å². The van der Waals surface area contributed by atoms with E-state index in [-0.39, 0.29) is 5.75 Å². The van der Waals surface area contributed by atoms with E-state index < -0.39 is 0 Å². The highest BCUT2D eigenvalue weighted by atomic mass is 16.3. The minimum absolute atomic E-state index is 0.276. The van der Waals surface area contributed by atoms with Crippen molar-refractivity contribution in [2.45, 2.75) is 6.54 Å². The van der Waals surface area contributed by atoms with E-state index in [1.165, 1.54) is 0 Å². The lowest BCUT2D eigenvalue weighted by atomic mass is 10.1. The first-order valence-electron chi connectivity index (χ1n) is 5.76. The van der Waals surface area contributed by atoms with E-state index in [2.05, 4.69) is 15.3 Å². The molecule has 0 aliphatic rings. The molecular formula is C14H13N3O. The lowest BCUT2D eigenvalue weighted by Gasteiger charge is -2.09. The van der Waals surface area contributed by atoms with E-state index >= 15 is 0 Å². The summed E-state index contributed by atoms with van der Waals surface area (Å²) in [5, 5.41) is 15.0. The SMILES string of the molecule is Oc1ccc2cccc(NCc3cnc[nH]3)c2c1. The van der Waals surface area contributed by atoms with Crippen LogP contribution in [0.25, 0.3) is 10.8 Å². The van der Waals surface area contributed by atoms with Gasteiger partial charge in [-0.3, -0.25) is 0 Å². The third kappa shape index (κ3) is 2.00. The number of anilines is 1. The second-order valence-corrected chi connectivity index (χ2v) is 4.14. The molecule has 0 aliphatic carbocycles. The number of rotatable bonds is 3. The van der Waals surface area contributed by atoms with Gasteiger partial charge in [-0.05, 0) is 23.6 Å². The average Bonchev–Trinajstić information content (AvgIpc) is 2.89. The number of phenolic OH excluding ortho intramolecular Hbond substituents is 1. The van der Waals surface area contributed by atoms with Crippen LogP contribution in [0.1, 0.15) is 5.69 Å². The number of fused-ring (bicyclic) bond motifs is 1. The normalized spacial score (nSPS) is 10.7. The van der Waals surface area contributed by atoms with Crippen LogP contribution in [-0.2, 0) is 6.54 Å². The maximum Gasteiger partial charge on any atom is 0.116 e. The Kier molecular flexibility index (Phi) is 2.61. The van der Waals surface area contributed by atoms with Crippen molar-refractivity contribution in [3.63, 3.8) is 0 Å². The summed E-state index contributed by atoms with van der Waals surface area (Å²) in [5.74, 6) is 0.276. The molecule has 1 heterocycles. The van der Waals surface area contributed by atoms with Crippen LogP contribution < -0.4 is 5.32 Å². The maximum atomic E-state index is 9.56. The lowest BCUT2D eigenvalue weighted by molar-refractivity contribution is 0.476. The van der Waals surface area contributed by atoms with E-state index in [0.29, 0.717) is 6.54 Å². The van der Waals surface area contributed by atoms with Crippen molar-refractivity contribution < 1.29 is 5.11 Å². The van der Waals surface area contributed by atoms with Gasteiger partial charge in [0.25, 0.3) is 0 Å². The van der Waals surface area contributed by atoms with E-state index in [9.17, 15) is 5.11 Å². The van der Waals surface area contributed by atoms with Crippen LogP contribution in [0.3, 0.4) is 0 Å². The van der Waals surface area contributed by atoms with Gasteiger partial charge >= 0.3 is 0 Å². The summed E-state index contributed by atoms with van der Waals surface area (Å²) < 4.78 is 0. The molecule has 0 unspecified atom stereocenters. The monoisotopic (exact) mass is 239 g/mol. The third-order valence-electron chi connectivity index (χ3n) is 2.89. The fourth-order valence-electron chi connectivity index (χ4n) is 1.99. The Balaban J connectivity index is 1.93. The zero-order valence-corrected chi connectivity index (χ0v) is 9.72. The second kappa shape index (κ2) is 4.41. The molecule has 0 saturated carbocycles. The first-order valence-corrected chi connectivity index (χ1v) is 5.76. The molecule has 0 fully saturated rings. The van der Waals surface area contributed by atoms with E-state index in [1.54, 1.807) is 24.7 Å². The van der Waals surface area contributed by atoms with Gasteiger partial charge in [0.1, 0.15) is 5.75 Å². The van der Waals surface area contributed by atoms with Crippen LogP contribution in [0.5, 0.6) is 5.75 Å². The molecule has 0 bridgehead atoms. The number of phenols is 1. The van der Waals surface area contributed by atoms with Crippen molar-refractivity contribution in [2.75, 3.05) is 5.32 Å². The zero-order valence-electron chi connectivity index (χ0n) is 9.72. The lowest BCUT2D eigenvalue weighted by Crippen LogP contribution is -1.99. The molecule has 18 heavy (non-hydrogen) atoms. The zero-order chi connectivity index (χ0) is 12.4. The quantitative estimate of drug-likeness (QED) is 0.658. The van der Waals surface area contributed by atoms with E-state index in [1.807, 2.05) is 24.3 Å². The molecular weight excluding hydrogens is 226 g/mol. The standard InChI is InChI=1S/C14H13N3O/c18-12-5-4-10-2-1-3-14(13(10)6-12)16-8-11-7-15-9-17-11/h1-7,9,16,18H,8H2,(H,15,17). The number of H-pyrrole nitrogens is 1. The van der Waals surface area contributed by atoms with Crippen molar-refractivity contribution in [1.29, 1.82) is 0 Å². The van der Waals surface area contributed by atoms with Crippen molar-refractivity contribution in [1.82, 2.24) is 9.97 Å². The van der Waals surface area contributed by atoms with Gasteiger partial charge in [-0.2, -0.15) is 0 Å². The molecule has 2 aromatic carbocycles. The third-order valence-corrected chi connectivity index (χ3v) is 2.89. The predicted octanol–water partition coefficient (Wildman–Crippen LogP) is 2.88. The van der Waals surface area contributed by atoms with E-state index in [4.69, 9.17) is 0 Å². The molecule has 3 aromatic rings. The summed E-state index contributed by atoms with van der Waals surface area (Å²) in [4.78, 5) is 7.02. The molecule has 0 amide bonds. The van der Waals surface area contributed by atoms with Crippen molar-refractivity contribution in [2.24, 2.45) is 0 Å². The fourth-order valence-corrected chi connectivity index (χ4v) is 1.99. The minimum Gasteiger partial charge on any atom is -0.508 e. The van der Waals surface area contributed by atoms with Gasteiger partial charge < -0.3 is 15.4 Å². The van der Waals surface area contributed by atoms with Crippen molar-refractivity contribution in [3.05, 3.63) is 54.6 Å². The van der Waals surface area contributed by atoms with Crippen molar-refractivity contribution >= 4 is 16.5 Å². The summed E-state index contributed by atoms with van der Waals surface area (Å²) >= 11 is 0. The Morgan fingerprint density at radius 2 is 2.17 bits per heavy atom. The van der Waals surface area contributed by atoms with Gasteiger partial charge in [-0.25, -0.2) is 4.98 Å². The van der Waals surface area contributed by atoms with Gasteiger partial charge in [0, 0.05) is 17.3 Å². The number of aromatic amines is 1. The summed E-state index contributed by atoms with van der Waals surface area (Å²) in [6, 6.07) is 11.4. The van der Waals surface area contributed by atoms with Crippen LogP contribution in [0, 0.1) is 0 Å². The number of nitrogens with one attached hydrogen (secondary N) is 2. The molecule has 4 nitrogen and oxygen atoms in total. The van der Waals surface area contributed by atoms with Gasteiger partial charge in [-0.15, -0.1) is 0 Å².